The van der Waals surface area contributed by atoms with Gasteiger partial charge in [-0.3, -0.25) is 14.9 Å². The highest BCUT2D eigenvalue weighted by atomic mass is 19.1. The number of carbonyl (C=O) groups excluding carboxylic acids is 2. The molecule has 3 aromatic rings. The number of anilines is 1. The first kappa shape index (κ1) is 15.3. The minimum Gasteiger partial charge on any atom is -0.356 e. The zero-order valence-corrected chi connectivity index (χ0v) is 14.1. The van der Waals surface area contributed by atoms with Gasteiger partial charge < -0.3 is 4.98 Å². The summed E-state index contributed by atoms with van der Waals surface area (Å²) in [7, 11) is 0. The lowest BCUT2D eigenvalue weighted by molar-refractivity contribution is -0.128. The standard InChI is InChI=1S/C20H16FN3O2/c1-11(25)24-17-5-3-2-4-15(17)20(19(24)26)18-13(8-9-22-20)14-10-12(21)6-7-16(14)23-18/h2-7,10,22-23H,8-9H2,1H3/t20-/m1/s1. The number of para-hydroxylation sites is 1. The normalized spacial score (nSPS) is 21.3. The van der Waals surface area contributed by atoms with Crippen LogP contribution in [0.25, 0.3) is 10.9 Å². The minimum absolute atomic E-state index is 0.310. The molecule has 5 nitrogen and oxygen atoms in total. The van der Waals surface area contributed by atoms with Gasteiger partial charge in [-0.15, -0.1) is 0 Å². The fourth-order valence-corrected chi connectivity index (χ4v) is 4.37. The molecule has 2 amide bonds. The molecule has 0 fully saturated rings. The fraction of sp³-hybridized carbons (Fsp3) is 0.200. The van der Waals surface area contributed by atoms with Crippen molar-refractivity contribution in [1.29, 1.82) is 0 Å². The number of benzene rings is 2. The predicted molar refractivity (Wildman–Crippen MR) is 95.4 cm³/mol. The van der Waals surface area contributed by atoms with Gasteiger partial charge in [0.2, 0.25) is 5.91 Å². The Morgan fingerprint density at radius 3 is 2.85 bits per heavy atom. The molecule has 0 saturated carbocycles. The Kier molecular flexibility index (Phi) is 2.95. The second-order valence-corrected chi connectivity index (χ2v) is 6.77. The van der Waals surface area contributed by atoms with E-state index in [0.29, 0.717) is 24.3 Å². The van der Waals surface area contributed by atoms with Crippen molar-refractivity contribution in [1.82, 2.24) is 10.3 Å². The first-order chi connectivity index (χ1) is 12.5. The Bertz CT molecular complexity index is 1100. The number of carbonyl (C=O) groups is 2. The molecule has 0 unspecified atom stereocenters. The van der Waals surface area contributed by atoms with Crippen LogP contribution < -0.4 is 10.2 Å². The van der Waals surface area contributed by atoms with Crippen molar-refractivity contribution in [2.75, 3.05) is 11.4 Å². The van der Waals surface area contributed by atoms with Crippen LogP contribution in [0.15, 0.2) is 42.5 Å². The van der Waals surface area contributed by atoms with E-state index in [1.54, 1.807) is 12.1 Å². The first-order valence-corrected chi connectivity index (χ1v) is 8.54. The second kappa shape index (κ2) is 5.02. The number of amides is 2. The third-order valence-electron chi connectivity index (χ3n) is 5.40. The average molecular weight is 349 g/mol. The zero-order valence-electron chi connectivity index (χ0n) is 14.1. The van der Waals surface area contributed by atoms with Gasteiger partial charge in [-0.1, -0.05) is 18.2 Å². The van der Waals surface area contributed by atoms with Crippen LogP contribution in [-0.4, -0.2) is 23.3 Å². The van der Waals surface area contributed by atoms with E-state index < -0.39 is 5.54 Å². The van der Waals surface area contributed by atoms with E-state index in [-0.39, 0.29) is 17.6 Å². The fourth-order valence-electron chi connectivity index (χ4n) is 4.37. The van der Waals surface area contributed by atoms with Crippen molar-refractivity contribution in [2.24, 2.45) is 0 Å². The number of hydrogen-bond acceptors (Lipinski definition) is 3. The molecule has 1 atom stereocenters. The Morgan fingerprint density at radius 1 is 1.23 bits per heavy atom. The highest BCUT2D eigenvalue weighted by Gasteiger charge is 2.56. The summed E-state index contributed by atoms with van der Waals surface area (Å²) in [6.45, 7) is 1.94. The summed E-state index contributed by atoms with van der Waals surface area (Å²) in [6.07, 6.45) is 0.677. The number of fused-ring (bicyclic) bond motifs is 6. The van der Waals surface area contributed by atoms with Gasteiger partial charge in [0, 0.05) is 29.9 Å². The Morgan fingerprint density at radius 2 is 2.04 bits per heavy atom. The molecule has 130 valence electrons. The summed E-state index contributed by atoms with van der Waals surface area (Å²) in [5.74, 6) is -0.954. The molecule has 0 aliphatic carbocycles. The van der Waals surface area contributed by atoms with Crippen LogP contribution in [0.3, 0.4) is 0 Å². The van der Waals surface area contributed by atoms with Crippen LogP contribution in [0.2, 0.25) is 0 Å². The van der Waals surface area contributed by atoms with E-state index in [1.165, 1.54) is 24.0 Å². The summed E-state index contributed by atoms with van der Waals surface area (Å²) in [5, 5.41) is 4.13. The number of nitrogens with one attached hydrogen (secondary N) is 2. The molecule has 5 rings (SSSR count). The Balaban J connectivity index is 1.86. The van der Waals surface area contributed by atoms with E-state index in [4.69, 9.17) is 0 Å². The maximum atomic E-state index is 13.8. The number of aromatic nitrogens is 1. The maximum Gasteiger partial charge on any atom is 0.264 e. The molecule has 1 aromatic heterocycles. The Labute approximate surface area is 148 Å². The number of halogens is 1. The zero-order chi connectivity index (χ0) is 18.1. The van der Waals surface area contributed by atoms with Crippen LogP contribution >= 0.6 is 0 Å². The summed E-state index contributed by atoms with van der Waals surface area (Å²) in [5.41, 5.74) is 2.59. The smallest absolute Gasteiger partial charge is 0.264 e. The largest absolute Gasteiger partial charge is 0.356 e. The van der Waals surface area contributed by atoms with E-state index in [0.717, 1.165) is 22.0 Å². The van der Waals surface area contributed by atoms with Crippen LogP contribution in [0.5, 0.6) is 0 Å². The SMILES string of the molecule is CC(=O)N1C(=O)[C@@]2(NCCc3c2[nH]c2ccc(F)cc32)c2ccccc21. The molecule has 2 aliphatic heterocycles. The third kappa shape index (κ3) is 1.72. The monoisotopic (exact) mass is 349 g/mol. The van der Waals surface area contributed by atoms with Crippen molar-refractivity contribution in [2.45, 2.75) is 18.9 Å². The molecule has 1 spiro atoms. The van der Waals surface area contributed by atoms with Crippen molar-refractivity contribution in [3.63, 3.8) is 0 Å². The molecular weight excluding hydrogens is 333 g/mol. The van der Waals surface area contributed by atoms with Gasteiger partial charge in [0.25, 0.3) is 5.91 Å². The quantitative estimate of drug-likeness (QED) is 0.656. The number of aromatic amines is 1. The minimum atomic E-state index is -1.15. The molecule has 0 saturated heterocycles. The van der Waals surface area contributed by atoms with Crippen molar-refractivity contribution in [3.8, 4) is 0 Å². The lowest BCUT2D eigenvalue weighted by Crippen LogP contribution is -2.55. The molecule has 2 aromatic carbocycles. The molecule has 2 N–H and O–H groups in total. The van der Waals surface area contributed by atoms with Gasteiger partial charge in [-0.05, 0) is 36.2 Å². The lowest BCUT2D eigenvalue weighted by Gasteiger charge is -2.33. The summed E-state index contributed by atoms with van der Waals surface area (Å²) in [4.78, 5) is 30.2. The molecule has 6 heteroatoms. The van der Waals surface area contributed by atoms with E-state index in [9.17, 15) is 14.0 Å². The topological polar surface area (TPSA) is 65.2 Å². The summed E-state index contributed by atoms with van der Waals surface area (Å²) in [6, 6.07) is 11.9. The van der Waals surface area contributed by atoms with Crippen LogP contribution in [0, 0.1) is 5.82 Å². The summed E-state index contributed by atoms with van der Waals surface area (Å²) < 4.78 is 13.8. The van der Waals surface area contributed by atoms with E-state index in [1.807, 2.05) is 18.2 Å². The highest BCUT2D eigenvalue weighted by molar-refractivity contribution is 6.23. The van der Waals surface area contributed by atoms with Gasteiger partial charge >= 0.3 is 0 Å². The number of rotatable bonds is 0. The summed E-state index contributed by atoms with van der Waals surface area (Å²) >= 11 is 0. The Hall–Kier alpha value is -2.99. The van der Waals surface area contributed by atoms with Crippen LogP contribution in [0.1, 0.15) is 23.7 Å². The van der Waals surface area contributed by atoms with Gasteiger partial charge in [0.1, 0.15) is 5.82 Å². The third-order valence-corrected chi connectivity index (χ3v) is 5.40. The first-order valence-electron chi connectivity index (χ1n) is 8.54. The average Bonchev–Trinajstić information content (AvgIpc) is 3.11. The highest BCUT2D eigenvalue weighted by Crippen LogP contribution is 2.47. The van der Waals surface area contributed by atoms with Gasteiger partial charge in [0.05, 0.1) is 11.4 Å². The number of nitrogens with zero attached hydrogens (tertiary/aromatic N) is 1. The number of imide groups is 1. The van der Waals surface area contributed by atoms with Gasteiger partial charge in [-0.25, -0.2) is 9.29 Å². The van der Waals surface area contributed by atoms with Crippen molar-refractivity contribution >= 4 is 28.4 Å². The second-order valence-electron chi connectivity index (χ2n) is 6.77. The van der Waals surface area contributed by atoms with Gasteiger partial charge in [0.15, 0.2) is 5.54 Å². The molecule has 2 aliphatic rings. The molecule has 0 radical (unpaired) electrons. The van der Waals surface area contributed by atoms with E-state index >= 15 is 0 Å². The molecule has 0 bridgehead atoms. The number of H-pyrrole nitrogens is 1. The predicted octanol–water partition coefficient (Wildman–Crippen LogP) is 2.59. The molecule has 3 heterocycles. The van der Waals surface area contributed by atoms with Crippen LogP contribution in [0.4, 0.5) is 10.1 Å². The molecular formula is C20H16FN3O2. The number of hydrogen-bond donors (Lipinski definition) is 2. The van der Waals surface area contributed by atoms with Crippen LogP contribution in [-0.2, 0) is 21.5 Å². The lowest BCUT2D eigenvalue weighted by atomic mass is 9.82. The van der Waals surface area contributed by atoms with Crippen molar-refractivity contribution in [3.05, 3.63) is 65.1 Å². The maximum absolute atomic E-state index is 13.8. The molecule has 26 heavy (non-hydrogen) atoms. The van der Waals surface area contributed by atoms with E-state index in [2.05, 4.69) is 10.3 Å². The van der Waals surface area contributed by atoms with Gasteiger partial charge in [-0.2, -0.15) is 0 Å². The van der Waals surface area contributed by atoms with Crippen molar-refractivity contribution < 1.29 is 14.0 Å².